The van der Waals surface area contributed by atoms with Gasteiger partial charge in [-0.05, 0) is 36.8 Å². The predicted molar refractivity (Wildman–Crippen MR) is 76.0 cm³/mol. The zero-order valence-electron chi connectivity index (χ0n) is 12.4. The largest absolute Gasteiger partial charge is 0.380 e. The molecule has 0 bridgehead atoms. The second-order valence-corrected chi connectivity index (χ2v) is 6.31. The molecule has 2 aliphatic heterocycles. The first kappa shape index (κ1) is 14.5. The summed E-state index contributed by atoms with van der Waals surface area (Å²) in [5.74, 6) is 0.261. The van der Waals surface area contributed by atoms with Crippen LogP contribution in [0.15, 0.2) is 11.6 Å². The number of piperidine rings is 1. The maximum Gasteiger partial charge on any atom is 0.240 e. The van der Waals surface area contributed by atoms with E-state index < -0.39 is 0 Å². The molecule has 0 saturated carbocycles. The molecule has 0 aromatic carbocycles. The van der Waals surface area contributed by atoms with Gasteiger partial charge in [0, 0.05) is 20.2 Å². The Morgan fingerprint density at radius 3 is 2.95 bits per heavy atom. The molecule has 1 amide bonds. The average molecular weight is 266 g/mol. The van der Waals surface area contributed by atoms with Gasteiger partial charge in [-0.3, -0.25) is 4.79 Å². The summed E-state index contributed by atoms with van der Waals surface area (Å²) in [5, 5.41) is 3.41. The van der Waals surface area contributed by atoms with Gasteiger partial charge in [-0.15, -0.1) is 0 Å². The lowest BCUT2D eigenvalue weighted by Crippen LogP contribution is -2.57. The van der Waals surface area contributed by atoms with Crippen LogP contribution in [0.4, 0.5) is 0 Å². The van der Waals surface area contributed by atoms with E-state index in [0.717, 1.165) is 38.9 Å². The van der Waals surface area contributed by atoms with Crippen LogP contribution in [0.25, 0.3) is 0 Å². The zero-order valence-corrected chi connectivity index (χ0v) is 12.4. The molecule has 1 saturated heterocycles. The van der Waals surface area contributed by atoms with Crippen LogP contribution >= 0.6 is 0 Å². The molecule has 0 radical (unpaired) electrons. The SMILES string of the molecule is COCC1=CCN(C(=O)C2NCCCC2(C)C)CC1. The third-order valence-electron chi connectivity index (χ3n) is 4.32. The fourth-order valence-corrected chi connectivity index (χ4v) is 3.04. The van der Waals surface area contributed by atoms with Crippen molar-refractivity contribution >= 4 is 5.91 Å². The highest BCUT2D eigenvalue weighted by molar-refractivity contribution is 5.83. The van der Waals surface area contributed by atoms with E-state index in [1.165, 1.54) is 5.57 Å². The summed E-state index contributed by atoms with van der Waals surface area (Å²) in [5.41, 5.74) is 1.37. The first-order valence-electron chi connectivity index (χ1n) is 7.23. The molecule has 0 aromatic heterocycles. The molecule has 4 heteroatoms. The number of ether oxygens (including phenoxy) is 1. The van der Waals surface area contributed by atoms with Gasteiger partial charge in [0.1, 0.15) is 0 Å². The van der Waals surface area contributed by atoms with Gasteiger partial charge in [-0.2, -0.15) is 0 Å². The van der Waals surface area contributed by atoms with Crippen molar-refractivity contribution in [1.82, 2.24) is 10.2 Å². The van der Waals surface area contributed by atoms with E-state index in [4.69, 9.17) is 4.74 Å². The van der Waals surface area contributed by atoms with Crippen LogP contribution in [-0.2, 0) is 9.53 Å². The number of carbonyl (C=O) groups excluding carboxylic acids is 1. The van der Waals surface area contributed by atoms with Crippen molar-refractivity contribution in [2.45, 2.75) is 39.2 Å². The predicted octanol–water partition coefficient (Wildman–Crippen LogP) is 1.57. The Morgan fingerprint density at radius 1 is 1.58 bits per heavy atom. The summed E-state index contributed by atoms with van der Waals surface area (Å²) in [6.07, 6.45) is 5.36. The summed E-state index contributed by atoms with van der Waals surface area (Å²) in [4.78, 5) is 14.6. The van der Waals surface area contributed by atoms with Gasteiger partial charge >= 0.3 is 0 Å². The van der Waals surface area contributed by atoms with Crippen molar-refractivity contribution in [3.63, 3.8) is 0 Å². The Kier molecular flexibility index (Phi) is 4.63. The van der Waals surface area contributed by atoms with Gasteiger partial charge in [0.15, 0.2) is 0 Å². The fraction of sp³-hybridized carbons (Fsp3) is 0.800. The molecule has 0 aromatic rings. The molecule has 1 unspecified atom stereocenters. The molecular formula is C15H26N2O2. The minimum atomic E-state index is -0.0291. The second-order valence-electron chi connectivity index (χ2n) is 6.31. The smallest absolute Gasteiger partial charge is 0.240 e. The van der Waals surface area contributed by atoms with Crippen molar-refractivity contribution in [2.75, 3.05) is 33.4 Å². The summed E-state index contributed by atoms with van der Waals surface area (Å²) in [6.45, 7) is 7.58. The number of methoxy groups -OCH3 is 1. The van der Waals surface area contributed by atoms with E-state index in [2.05, 4.69) is 25.2 Å². The van der Waals surface area contributed by atoms with Crippen LogP contribution in [0.2, 0.25) is 0 Å². The standard InChI is InChI=1S/C15H26N2O2/c1-15(2)7-4-8-16-13(15)14(18)17-9-5-12(6-10-17)11-19-3/h5,13,16H,4,6-11H2,1-3H3. The molecule has 2 rings (SSSR count). The van der Waals surface area contributed by atoms with Gasteiger partial charge in [-0.1, -0.05) is 19.9 Å². The van der Waals surface area contributed by atoms with E-state index in [1.54, 1.807) is 7.11 Å². The molecule has 1 atom stereocenters. The molecule has 4 nitrogen and oxygen atoms in total. The third kappa shape index (κ3) is 3.37. The first-order chi connectivity index (χ1) is 9.04. The van der Waals surface area contributed by atoms with Gasteiger partial charge in [0.2, 0.25) is 5.91 Å². The molecule has 1 N–H and O–H groups in total. The molecule has 19 heavy (non-hydrogen) atoms. The monoisotopic (exact) mass is 266 g/mol. The highest BCUT2D eigenvalue weighted by atomic mass is 16.5. The number of rotatable bonds is 3. The van der Waals surface area contributed by atoms with Crippen LogP contribution in [-0.4, -0.2) is 50.2 Å². The molecule has 2 heterocycles. The van der Waals surface area contributed by atoms with Crippen molar-refractivity contribution in [3.05, 3.63) is 11.6 Å². The Balaban J connectivity index is 1.97. The van der Waals surface area contributed by atoms with Crippen LogP contribution in [0.3, 0.4) is 0 Å². The maximum atomic E-state index is 12.6. The number of hydrogen-bond donors (Lipinski definition) is 1. The lowest BCUT2D eigenvalue weighted by molar-refractivity contribution is -0.137. The van der Waals surface area contributed by atoms with Gasteiger partial charge in [0.05, 0.1) is 12.6 Å². The third-order valence-corrected chi connectivity index (χ3v) is 4.32. The normalized spacial score (nSPS) is 27.0. The van der Waals surface area contributed by atoms with Crippen LogP contribution in [0.5, 0.6) is 0 Å². The second kappa shape index (κ2) is 6.06. The minimum absolute atomic E-state index is 0.0291. The highest BCUT2D eigenvalue weighted by Gasteiger charge is 2.39. The van der Waals surface area contributed by atoms with E-state index in [-0.39, 0.29) is 17.4 Å². The van der Waals surface area contributed by atoms with E-state index in [9.17, 15) is 4.79 Å². The Morgan fingerprint density at radius 2 is 2.37 bits per heavy atom. The molecule has 0 aliphatic carbocycles. The fourth-order valence-electron chi connectivity index (χ4n) is 3.04. The van der Waals surface area contributed by atoms with Crippen molar-refractivity contribution in [2.24, 2.45) is 5.41 Å². The quantitative estimate of drug-likeness (QED) is 0.788. The molecular weight excluding hydrogens is 240 g/mol. The topological polar surface area (TPSA) is 41.6 Å². The van der Waals surface area contributed by atoms with Crippen LogP contribution < -0.4 is 5.32 Å². The summed E-state index contributed by atoms with van der Waals surface area (Å²) in [7, 11) is 1.72. The zero-order chi connectivity index (χ0) is 13.9. The van der Waals surface area contributed by atoms with E-state index in [0.29, 0.717) is 6.61 Å². The number of nitrogens with one attached hydrogen (secondary N) is 1. The van der Waals surface area contributed by atoms with Crippen molar-refractivity contribution < 1.29 is 9.53 Å². The molecule has 0 spiro atoms. The lowest BCUT2D eigenvalue weighted by Gasteiger charge is -2.41. The van der Waals surface area contributed by atoms with E-state index >= 15 is 0 Å². The molecule has 2 aliphatic rings. The van der Waals surface area contributed by atoms with Crippen LogP contribution in [0, 0.1) is 5.41 Å². The Bertz CT molecular complexity index is 363. The summed E-state index contributed by atoms with van der Waals surface area (Å²) in [6, 6.07) is -0.0291. The lowest BCUT2D eigenvalue weighted by atomic mass is 9.77. The molecule has 1 fully saturated rings. The average Bonchev–Trinajstić information content (AvgIpc) is 2.39. The summed E-state index contributed by atoms with van der Waals surface area (Å²) < 4.78 is 5.14. The van der Waals surface area contributed by atoms with Gasteiger partial charge in [-0.25, -0.2) is 0 Å². The highest BCUT2D eigenvalue weighted by Crippen LogP contribution is 2.31. The Hall–Kier alpha value is -0.870. The number of carbonyl (C=O) groups is 1. The van der Waals surface area contributed by atoms with Crippen molar-refractivity contribution in [1.29, 1.82) is 0 Å². The number of amides is 1. The number of nitrogens with zero attached hydrogens (tertiary/aromatic N) is 1. The van der Waals surface area contributed by atoms with Crippen LogP contribution in [0.1, 0.15) is 33.1 Å². The number of hydrogen-bond acceptors (Lipinski definition) is 3. The van der Waals surface area contributed by atoms with Gasteiger partial charge < -0.3 is 15.0 Å². The summed E-state index contributed by atoms with van der Waals surface area (Å²) >= 11 is 0. The minimum Gasteiger partial charge on any atom is -0.380 e. The van der Waals surface area contributed by atoms with E-state index in [1.807, 2.05) is 4.90 Å². The Labute approximate surface area is 116 Å². The van der Waals surface area contributed by atoms with Gasteiger partial charge in [0.25, 0.3) is 0 Å². The van der Waals surface area contributed by atoms with Crippen molar-refractivity contribution in [3.8, 4) is 0 Å². The maximum absolute atomic E-state index is 12.6. The first-order valence-corrected chi connectivity index (χ1v) is 7.23. The molecule has 108 valence electrons.